The van der Waals surface area contributed by atoms with Crippen LogP contribution < -0.4 is 15.5 Å². The highest BCUT2D eigenvalue weighted by atomic mass is 35.5. The number of carbonyl (C=O) groups excluding carboxylic acids is 1. The average Bonchev–Trinajstić information content (AvgIpc) is 3.24. The van der Waals surface area contributed by atoms with Gasteiger partial charge in [0.15, 0.2) is 0 Å². The zero-order valence-electron chi connectivity index (χ0n) is 20.8. The van der Waals surface area contributed by atoms with E-state index in [0.717, 1.165) is 18.7 Å². The van der Waals surface area contributed by atoms with Gasteiger partial charge in [-0.25, -0.2) is 9.59 Å². The van der Waals surface area contributed by atoms with Gasteiger partial charge in [0.2, 0.25) is 0 Å². The number of benzene rings is 2. The summed E-state index contributed by atoms with van der Waals surface area (Å²) < 4.78 is 1.54. The lowest BCUT2D eigenvalue weighted by molar-refractivity contribution is 0.0688. The number of aryl methyl sites for hydroxylation is 1. The normalized spacial score (nSPS) is 11.1. The van der Waals surface area contributed by atoms with Gasteiger partial charge in [0.25, 0.3) is 0 Å². The topological polar surface area (TPSA) is 86.6 Å². The Kier molecular flexibility index (Phi) is 8.46. The highest BCUT2D eigenvalue weighted by Gasteiger charge is 2.22. The first-order chi connectivity index (χ1) is 16.5. The van der Waals surface area contributed by atoms with Crippen molar-refractivity contribution in [3.63, 3.8) is 0 Å². The first-order valence-electron chi connectivity index (χ1n) is 11.7. The van der Waals surface area contributed by atoms with Crippen LogP contribution in [0.1, 0.15) is 43.7 Å². The largest absolute Gasteiger partial charge is 0.477 e. The Morgan fingerprint density at radius 2 is 1.63 bits per heavy atom. The molecule has 8 heteroatoms. The molecule has 3 rings (SSSR count). The standard InChI is InChI=1S/C27H33ClN4O3/c1-17(2)15-31(16-18(3)4)25-22(28)13-21(32-12-6-7-24(32)26(33)34)14-23(25)30-27(35)29-20-10-8-19(5)9-11-20/h6-14,17-18H,15-16H2,1-5H3,(H,33,34)(H2,29,30,35). The average molecular weight is 497 g/mol. The third kappa shape index (κ3) is 6.79. The van der Waals surface area contributed by atoms with E-state index in [1.54, 1.807) is 24.4 Å². The summed E-state index contributed by atoms with van der Waals surface area (Å²) in [5, 5.41) is 15.8. The van der Waals surface area contributed by atoms with Crippen LogP contribution in [0.3, 0.4) is 0 Å². The van der Waals surface area contributed by atoms with E-state index in [9.17, 15) is 14.7 Å². The number of nitrogens with zero attached hydrogens (tertiary/aromatic N) is 2. The smallest absolute Gasteiger partial charge is 0.352 e. The predicted molar refractivity (Wildman–Crippen MR) is 143 cm³/mol. The van der Waals surface area contributed by atoms with Crippen molar-refractivity contribution < 1.29 is 14.7 Å². The second kappa shape index (κ2) is 11.3. The van der Waals surface area contributed by atoms with Gasteiger partial charge in [0, 0.05) is 30.7 Å². The van der Waals surface area contributed by atoms with Crippen molar-refractivity contribution in [2.24, 2.45) is 11.8 Å². The molecule has 0 bridgehead atoms. The van der Waals surface area contributed by atoms with Gasteiger partial charge in [-0.3, -0.25) is 0 Å². The second-order valence-corrected chi connectivity index (χ2v) is 9.94. The van der Waals surface area contributed by atoms with Crippen LogP contribution in [0, 0.1) is 18.8 Å². The minimum Gasteiger partial charge on any atom is -0.477 e. The zero-order valence-corrected chi connectivity index (χ0v) is 21.6. The summed E-state index contributed by atoms with van der Waals surface area (Å²) in [6.45, 7) is 12.0. The molecule has 3 aromatic rings. The van der Waals surface area contributed by atoms with E-state index in [1.807, 2.05) is 31.2 Å². The number of hydrogen-bond acceptors (Lipinski definition) is 3. The molecule has 0 aliphatic heterocycles. The minimum absolute atomic E-state index is 0.102. The highest BCUT2D eigenvalue weighted by molar-refractivity contribution is 6.34. The fourth-order valence-corrected chi connectivity index (χ4v) is 4.31. The van der Waals surface area contributed by atoms with Gasteiger partial charge < -0.3 is 25.2 Å². The molecule has 0 unspecified atom stereocenters. The van der Waals surface area contributed by atoms with E-state index in [0.29, 0.717) is 39.6 Å². The summed E-state index contributed by atoms with van der Waals surface area (Å²) in [4.78, 5) is 26.9. The number of carboxylic acid groups (broad SMARTS) is 1. The van der Waals surface area contributed by atoms with E-state index in [2.05, 4.69) is 43.2 Å². The summed E-state index contributed by atoms with van der Waals surface area (Å²) in [6.07, 6.45) is 1.66. The van der Waals surface area contributed by atoms with Gasteiger partial charge >= 0.3 is 12.0 Å². The Labute approximate surface area is 211 Å². The number of nitrogens with one attached hydrogen (secondary N) is 2. The molecule has 2 aromatic carbocycles. The summed E-state index contributed by atoms with van der Waals surface area (Å²) in [6, 6.07) is 13.8. The van der Waals surface area contributed by atoms with Crippen molar-refractivity contribution in [2.75, 3.05) is 28.6 Å². The number of halogens is 1. The maximum atomic E-state index is 13.0. The van der Waals surface area contributed by atoms with Crippen LogP contribution in [-0.4, -0.2) is 34.8 Å². The van der Waals surface area contributed by atoms with E-state index in [-0.39, 0.29) is 5.69 Å². The maximum Gasteiger partial charge on any atom is 0.352 e. The van der Waals surface area contributed by atoms with Gasteiger partial charge in [-0.2, -0.15) is 0 Å². The quantitative estimate of drug-likeness (QED) is 0.300. The number of anilines is 3. The predicted octanol–water partition coefficient (Wildman–Crippen LogP) is 6.90. The lowest BCUT2D eigenvalue weighted by Gasteiger charge is -2.31. The molecule has 0 saturated heterocycles. The molecule has 1 aromatic heterocycles. The number of hydrogen-bond donors (Lipinski definition) is 3. The molecule has 1 heterocycles. The summed E-state index contributed by atoms with van der Waals surface area (Å²) in [5.74, 6) is -0.327. The summed E-state index contributed by atoms with van der Waals surface area (Å²) >= 11 is 6.83. The molecule has 186 valence electrons. The van der Waals surface area contributed by atoms with Crippen molar-refractivity contribution in [3.8, 4) is 5.69 Å². The van der Waals surface area contributed by atoms with Crippen molar-refractivity contribution >= 4 is 40.7 Å². The van der Waals surface area contributed by atoms with Crippen LogP contribution >= 0.6 is 11.6 Å². The number of aromatic carboxylic acids is 1. The Hall–Kier alpha value is -3.45. The fraction of sp³-hybridized carbons (Fsp3) is 0.333. The lowest BCUT2D eigenvalue weighted by atomic mass is 10.1. The van der Waals surface area contributed by atoms with Crippen molar-refractivity contribution in [1.29, 1.82) is 0 Å². The SMILES string of the molecule is Cc1ccc(NC(=O)Nc2cc(-n3cccc3C(=O)O)cc(Cl)c2N(CC(C)C)CC(C)C)cc1. The molecule has 7 nitrogen and oxygen atoms in total. The third-order valence-electron chi connectivity index (χ3n) is 5.34. The Bertz CT molecular complexity index is 1180. The number of urea groups is 1. The van der Waals surface area contributed by atoms with E-state index >= 15 is 0 Å². The van der Waals surface area contributed by atoms with Gasteiger partial charge in [0.05, 0.1) is 16.4 Å². The number of amides is 2. The molecule has 0 aliphatic carbocycles. The van der Waals surface area contributed by atoms with Gasteiger partial charge in [-0.05, 0) is 55.2 Å². The molecule has 2 amide bonds. The second-order valence-electron chi connectivity index (χ2n) is 9.53. The Balaban J connectivity index is 2.07. The summed E-state index contributed by atoms with van der Waals surface area (Å²) in [7, 11) is 0. The van der Waals surface area contributed by atoms with Crippen molar-refractivity contribution in [2.45, 2.75) is 34.6 Å². The van der Waals surface area contributed by atoms with Crippen LogP contribution in [0.5, 0.6) is 0 Å². The molecule has 3 N–H and O–H groups in total. The van der Waals surface area contributed by atoms with E-state index < -0.39 is 12.0 Å². The molecular weight excluding hydrogens is 464 g/mol. The van der Waals surface area contributed by atoms with E-state index in [4.69, 9.17) is 11.6 Å². The van der Waals surface area contributed by atoms with Crippen LogP contribution in [0.2, 0.25) is 5.02 Å². The van der Waals surface area contributed by atoms with Crippen LogP contribution in [0.4, 0.5) is 21.9 Å². The molecule has 0 radical (unpaired) electrons. The van der Waals surface area contributed by atoms with Crippen LogP contribution in [0.25, 0.3) is 5.69 Å². The lowest BCUT2D eigenvalue weighted by Crippen LogP contribution is -2.33. The monoisotopic (exact) mass is 496 g/mol. The Morgan fingerprint density at radius 1 is 1.00 bits per heavy atom. The molecule has 35 heavy (non-hydrogen) atoms. The molecule has 0 saturated carbocycles. The van der Waals surface area contributed by atoms with Gasteiger partial charge in [-0.1, -0.05) is 57.0 Å². The molecule has 0 spiro atoms. The van der Waals surface area contributed by atoms with Crippen LogP contribution in [-0.2, 0) is 0 Å². The summed E-state index contributed by atoms with van der Waals surface area (Å²) in [5.41, 5.74) is 3.61. The first-order valence-corrected chi connectivity index (χ1v) is 12.1. The molecule has 0 fully saturated rings. The number of carboxylic acids is 1. The maximum absolute atomic E-state index is 13.0. The number of aromatic nitrogens is 1. The highest BCUT2D eigenvalue weighted by Crippen LogP contribution is 2.38. The third-order valence-corrected chi connectivity index (χ3v) is 5.63. The molecular formula is C27H33ClN4O3. The van der Waals surface area contributed by atoms with Gasteiger partial charge in [-0.15, -0.1) is 0 Å². The van der Waals surface area contributed by atoms with E-state index in [1.165, 1.54) is 10.6 Å². The number of carbonyl (C=O) groups is 2. The minimum atomic E-state index is -1.05. The number of rotatable bonds is 9. The first kappa shape index (κ1) is 26.2. The van der Waals surface area contributed by atoms with Crippen molar-refractivity contribution in [3.05, 3.63) is 71.0 Å². The van der Waals surface area contributed by atoms with Gasteiger partial charge in [0.1, 0.15) is 5.69 Å². The van der Waals surface area contributed by atoms with Crippen molar-refractivity contribution in [1.82, 2.24) is 4.57 Å². The fourth-order valence-electron chi connectivity index (χ4n) is 3.98. The zero-order chi connectivity index (χ0) is 25.7. The molecule has 0 aliphatic rings. The van der Waals surface area contributed by atoms with Crippen LogP contribution in [0.15, 0.2) is 54.7 Å². The molecule has 0 atom stereocenters. The Morgan fingerprint density at radius 3 is 2.20 bits per heavy atom.